The van der Waals surface area contributed by atoms with Crippen LogP contribution in [-0.2, 0) is 9.59 Å². The standard InChI is InChI=1S/C32H36N2O5/c1-6-17-38-27-12-8-10-25(19-27)34-29(22-13-15-24(16-14-22)33(4)5)28(31(36)32(34)37)30(35)23-9-7-11-26(18-23)39-20-21(2)3/h7-16,18-19,21,29,35H,6,17,20H2,1-5H3/b30-28+. The number of Topliss-reactive ketones (excluding diaryl/α,β-unsaturated/α-hetero) is 1. The highest BCUT2D eigenvalue weighted by molar-refractivity contribution is 6.51. The van der Waals surface area contributed by atoms with Crippen LogP contribution in [-0.4, -0.2) is 44.1 Å². The zero-order valence-electron chi connectivity index (χ0n) is 23.2. The van der Waals surface area contributed by atoms with E-state index in [1.54, 1.807) is 42.5 Å². The number of carbonyl (C=O) groups is 2. The molecule has 1 heterocycles. The lowest BCUT2D eigenvalue weighted by atomic mass is 9.94. The van der Waals surface area contributed by atoms with Gasteiger partial charge in [-0.3, -0.25) is 14.5 Å². The van der Waals surface area contributed by atoms with E-state index in [0.29, 0.717) is 47.4 Å². The number of rotatable bonds is 10. The minimum Gasteiger partial charge on any atom is -0.507 e. The smallest absolute Gasteiger partial charge is 0.300 e. The van der Waals surface area contributed by atoms with Crippen molar-refractivity contribution >= 4 is 28.8 Å². The van der Waals surface area contributed by atoms with E-state index in [0.717, 1.165) is 12.1 Å². The summed E-state index contributed by atoms with van der Waals surface area (Å²) in [7, 11) is 3.88. The Kier molecular flexibility index (Phi) is 8.59. The van der Waals surface area contributed by atoms with Crippen molar-refractivity contribution < 1.29 is 24.2 Å². The molecule has 7 heteroatoms. The number of carbonyl (C=O) groups excluding carboxylic acids is 2. The second kappa shape index (κ2) is 12.1. The van der Waals surface area contributed by atoms with E-state index in [4.69, 9.17) is 9.47 Å². The lowest BCUT2D eigenvalue weighted by Crippen LogP contribution is -2.29. The van der Waals surface area contributed by atoms with Crippen LogP contribution in [0.15, 0.2) is 78.4 Å². The van der Waals surface area contributed by atoms with Gasteiger partial charge in [-0.2, -0.15) is 0 Å². The van der Waals surface area contributed by atoms with E-state index in [1.807, 2.05) is 56.3 Å². The van der Waals surface area contributed by atoms with Crippen molar-refractivity contribution in [1.82, 2.24) is 0 Å². The molecule has 1 aliphatic rings. The van der Waals surface area contributed by atoms with E-state index in [1.165, 1.54) is 4.90 Å². The summed E-state index contributed by atoms with van der Waals surface area (Å²) in [6.07, 6.45) is 0.840. The number of amides is 1. The molecular weight excluding hydrogens is 492 g/mol. The van der Waals surface area contributed by atoms with Crippen molar-refractivity contribution in [3.63, 3.8) is 0 Å². The number of ketones is 1. The number of anilines is 2. The average Bonchev–Trinajstić information content (AvgIpc) is 3.20. The summed E-state index contributed by atoms with van der Waals surface area (Å²) in [5.41, 5.74) is 2.62. The summed E-state index contributed by atoms with van der Waals surface area (Å²) >= 11 is 0. The molecule has 1 saturated heterocycles. The molecule has 1 amide bonds. The first-order valence-electron chi connectivity index (χ1n) is 13.3. The molecular formula is C32H36N2O5. The van der Waals surface area contributed by atoms with E-state index in [2.05, 4.69) is 13.8 Å². The van der Waals surface area contributed by atoms with Crippen molar-refractivity contribution in [3.8, 4) is 11.5 Å². The topological polar surface area (TPSA) is 79.3 Å². The molecule has 3 aromatic rings. The monoisotopic (exact) mass is 528 g/mol. The molecule has 0 bridgehead atoms. The van der Waals surface area contributed by atoms with Crippen LogP contribution in [0.5, 0.6) is 11.5 Å². The zero-order valence-corrected chi connectivity index (χ0v) is 23.2. The maximum atomic E-state index is 13.5. The molecule has 1 aliphatic heterocycles. The maximum Gasteiger partial charge on any atom is 0.300 e. The normalized spacial score (nSPS) is 16.6. The predicted octanol–water partition coefficient (Wildman–Crippen LogP) is 6.20. The van der Waals surface area contributed by atoms with Gasteiger partial charge in [0.2, 0.25) is 0 Å². The molecule has 4 rings (SSSR count). The zero-order chi connectivity index (χ0) is 28.1. The number of hydrogen-bond donors (Lipinski definition) is 1. The van der Waals surface area contributed by atoms with Crippen LogP contribution < -0.4 is 19.3 Å². The van der Waals surface area contributed by atoms with Crippen LogP contribution in [0.3, 0.4) is 0 Å². The van der Waals surface area contributed by atoms with Crippen LogP contribution in [0.1, 0.15) is 44.4 Å². The predicted molar refractivity (Wildman–Crippen MR) is 155 cm³/mol. The van der Waals surface area contributed by atoms with Gasteiger partial charge in [0.15, 0.2) is 0 Å². The highest BCUT2D eigenvalue weighted by Gasteiger charge is 2.47. The van der Waals surface area contributed by atoms with E-state index >= 15 is 0 Å². The minimum atomic E-state index is -0.831. The summed E-state index contributed by atoms with van der Waals surface area (Å²) in [5.74, 6) is -0.191. The lowest BCUT2D eigenvalue weighted by Gasteiger charge is -2.26. The first-order chi connectivity index (χ1) is 18.7. The van der Waals surface area contributed by atoms with Gasteiger partial charge in [0, 0.05) is 37.1 Å². The Morgan fingerprint density at radius 2 is 1.62 bits per heavy atom. The molecule has 0 radical (unpaired) electrons. The van der Waals surface area contributed by atoms with Gasteiger partial charge in [0.25, 0.3) is 11.7 Å². The van der Waals surface area contributed by atoms with E-state index in [9.17, 15) is 14.7 Å². The molecule has 204 valence electrons. The largest absolute Gasteiger partial charge is 0.507 e. The lowest BCUT2D eigenvalue weighted by molar-refractivity contribution is -0.132. The van der Waals surface area contributed by atoms with Crippen LogP contribution in [0.4, 0.5) is 11.4 Å². The van der Waals surface area contributed by atoms with Gasteiger partial charge in [-0.05, 0) is 54.3 Å². The van der Waals surface area contributed by atoms with Gasteiger partial charge >= 0.3 is 0 Å². The fourth-order valence-corrected chi connectivity index (χ4v) is 4.46. The number of aliphatic hydroxyl groups is 1. The Hall–Kier alpha value is -4.26. The molecule has 3 aromatic carbocycles. The Bertz CT molecular complexity index is 1360. The summed E-state index contributed by atoms with van der Waals surface area (Å²) < 4.78 is 11.6. The molecule has 1 atom stereocenters. The Labute approximate surface area is 230 Å². The Balaban J connectivity index is 1.85. The highest BCUT2D eigenvalue weighted by atomic mass is 16.5. The van der Waals surface area contributed by atoms with Crippen molar-refractivity contribution in [2.45, 2.75) is 33.2 Å². The highest BCUT2D eigenvalue weighted by Crippen LogP contribution is 2.43. The van der Waals surface area contributed by atoms with E-state index < -0.39 is 17.7 Å². The van der Waals surface area contributed by atoms with Crippen LogP contribution in [0.2, 0.25) is 0 Å². The van der Waals surface area contributed by atoms with Crippen molar-refractivity contribution in [1.29, 1.82) is 0 Å². The van der Waals surface area contributed by atoms with Gasteiger partial charge in [-0.1, -0.05) is 51.1 Å². The van der Waals surface area contributed by atoms with E-state index in [-0.39, 0.29) is 11.3 Å². The molecule has 1 unspecified atom stereocenters. The van der Waals surface area contributed by atoms with Gasteiger partial charge in [0.1, 0.15) is 17.3 Å². The number of nitrogens with zero attached hydrogens (tertiary/aromatic N) is 2. The van der Waals surface area contributed by atoms with Crippen molar-refractivity contribution in [2.24, 2.45) is 5.92 Å². The molecule has 0 aliphatic carbocycles. The first kappa shape index (κ1) is 27.8. The minimum absolute atomic E-state index is 0.0264. The number of benzene rings is 3. The van der Waals surface area contributed by atoms with Gasteiger partial charge in [-0.25, -0.2) is 0 Å². The molecule has 0 aromatic heterocycles. The maximum absolute atomic E-state index is 13.5. The number of hydrogen-bond acceptors (Lipinski definition) is 6. The Morgan fingerprint density at radius 1 is 0.949 bits per heavy atom. The quantitative estimate of drug-likeness (QED) is 0.192. The average molecular weight is 529 g/mol. The molecule has 0 spiro atoms. The van der Waals surface area contributed by atoms with Crippen LogP contribution >= 0.6 is 0 Å². The third-order valence-electron chi connectivity index (χ3n) is 6.43. The van der Waals surface area contributed by atoms with Crippen LogP contribution in [0, 0.1) is 5.92 Å². The molecule has 1 fully saturated rings. The molecule has 1 N–H and O–H groups in total. The summed E-state index contributed by atoms with van der Waals surface area (Å²) in [4.78, 5) is 30.5. The second-order valence-electron chi connectivity index (χ2n) is 10.2. The SMILES string of the molecule is CCCOc1cccc(N2C(=O)C(=O)/C(=C(/O)c3cccc(OCC(C)C)c3)C2c2ccc(N(C)C)cc2)c1. The fraction of sp³-hybridized carbons (Fsp3) is 0.312. The number of ether oxygens (including phenoxy) is 2. The van der Waals surface area contributed by atoms with Gasteiger partial charge < -0.3 is 19.5 Å². The summed E-state index contributed by atoms with van der Waals surface area (Å²) in [6, 6.07) is 20.9. The van der Waals surface area contributed by atoms with Crippen LogP contribution in [0.25, 0.3) is 5.76 Å². The van der Waals surface area contributed by atoms with Crippen molar-refractivity contribution in [2.75, 3.05) is 37.1 Å². The van der Waals surface area contributed by atoms with Gasteiger partial charge in [-0.15, -0.1) is 0 Å². The summed E-state index contributed by atoms with van der Waals surface area (Å²) in [5, 5.41) is 11.5. The molecule has 7 nitrogen and oxygen atoms in total. The molecule has 0 saturated carbocycles. The Morgan fingerprint density at radius 3 is 2.26 bits per heavy atom. The van der Waals surface area contributed by atoms with Crippen molar-refractivity contribution in [3.05, 3.63) is 89.5 Å². The summed E-state index contributed by atoms with van der Waals surface area (Å²) in [6.45, 7) is 7.17. The van der Waals surface area contributed by atoms with Gasteiger partial charge in [0.05, 0.1) is 24.8 Å². The third kappa shape index (κ3) is 6.08. The fourth-order valence-electron chi connectivity index (χ4n) is 4.46. The second-order valence-corrected chi connectivity index (χ2v) is 10.2. The number of aliphatic hydroxyl groups excluding tert-OH is 1. The molecule has 39 heavy (non-hydrogen) atoms. The third-order valence-corrected chi connectivity index (χ3v) is 6.43. The first-order valence-corrected chi connectivity index (χ1v) is 13.3.